The Morgan fingerprint density at radius 1 is 1.41 bits per heavy atom. The number of amides is 1. The van der Waals surface area contributed by atoms with Crippen LogP contribution in [0.4, 0.5) is 0 Å². The third kappa shape index (κ3) is 2.76. The van der Waals surface area contributed by atoms with Gasteiger partial charge in [0.15, 0.2) is 0 Å². The van der Waals surface area contributed by atoms with Gasteiger partial charge in [0.25, 0.3) is 0 Å². The molecule has 0 aliphatic heterocycles. The van der Waals surface area contributed by atoms with E-state index in [1.54, 1.807) is 12.0 Å². The van der Waals surface area contributed by atoms with Crippen LogP contribution in [0.5, 0.6) is 5.75 Å². The molecule has 0 radical (unpaired) electrons. The molecule has 2 bridgehead atoms. The van der Waals surface area contributed by atoms with Crippen LogP contribution < -0.4 is 10.5 Å². The minimum atomic E-state index is 0.00176. The smallest absolute Gasteiger partial charge is 0.227 e. The SMILES string of the molecule is COc1ccc(Br)cc1CN(C)C(=O)C1C2CCC(C2)C1N. The predicted molar refractivity (Wildman–Crippen MR) is 89.5 cm³/mol. The Morgan fingerprint density at radius 3 is 2.77 bits per heavy atom. The van der Waals surface area contributed by atoms with Crippen molar-refractivity contribution >= 4 is 21.8 Å². The second kappa shape index (κ2) is 6.20. The molecule has 22 heavy (non-hydrogen) atoms. The number of nitrogens with two attached hydrogens (primary N) is 1. The highest BCUT2D eigenvalue weighted by atomic mass is 79.9. The Bertz CT molecular complexity index is 576. The lowest BCUT2D eigenvalue weighted by Crippen LogP contribution is -2.45. The molecular formula is C17H23BrN2O2. The molecule has 120 valence electrons. The Hall–Kier alpha value is -1.07. The summed E-state index contributed by atoms with van der Waals surface area (Å²) < 4.78 is 6.38. The molecule has 1 amide bonds. The van der Waals surface area contributed by atoms with Crippen LogP contribution in [0.1, 0.15) is 24.8 Å². The summed E-state index contributed by atoms with van der Waals surface area (Å²) in [6.07, 6.45) is 3.48. The molecule has 0 saturated heterocycles. The van der Waals surface area contributed by atoms with Crippen LogP contribution in [-0.2, 0) is 11.3 Å². The van der Waals surface area contributed by atoms with E-state index >= 15 is 0 Å². The van der Waals surface area contributed by atoms with Crippen LogP contribution in [-0.4, -0.2) is 31.0 Å². The lowest BCUT2D eigenvalue weighted by molar-refractivity contribution is -0.137. The monoisotopic (exact) mass is 366 g/mol. The summed E-state index contributed by atoms with van der Waals surface area (Å²) in [5.41, 5.74) is 7.30. The standard InChI is InChI=1S/C17H23BrN2O2/c1-20(9-12-8-13(18)5-6-14(12)22-2)17(21)15-10-3-4-11(7-10)16(15)19/h5-6,8,10-11,15-16H,3-4,7,9,19H2,1-2H3. The van der Waals surface area contributed by atoms with E-state index in [0.717, 1.165) is 28.6 Å². The van der Waals surface area contributed by atoms with Gasteiger partial charge in [0.05, 0.1) is 13.0 Å². The number of fused-ring (bicyclic) bond motifs is 2. The van der Waals surface area contributed by atoms with Crippen molar-refractivity contribution in [2.75, 3.05) is 14.2 Å². The normalized spacial score (nSPS) is 29.6. The van der Waals surface area contributed by atoms with E-state index in [4.69, 9.17) is 10.5 Å². The lowest BCUT2D eigenvalue weighted by atomic mass is 9.84. The summed E-state index contributed by atoms with van der Waals surface area (Å²) in [6, 6.07) is 5.90. The third-order valence-electron chi connectivity index (χ3n) is 5.29. The molecule has 1 aromatic rings. The maximum Gasteiger partial charge on any atom is 0.227 e. The quantitative estimate of drug-likeness (QED) is 0.891. The van der Waals surface area contributed by atoms with Gasteiger partial charge in [0.2, 0.25) is 5.91 Å². The largest absolute Gasteiger partial charge is 0.496 e. The van der Waals surface area contributed by atoms with Crippen molar-refractivity contribution in [1.82, 2.24) is 4.90 Å². The van der Waals surface area contributed by atoms with E-state index in [1.807, 2.05) is 25.2 Å². The first kappa shape index (κ1) is 15.8. The van der Waals surface area contributed by atoms with E-state index < -0.39 is 0 Å². The van der Waals surface area contributed by atoms with Gasteiger partial charge in [-0.25, -0.2) is 0 Å². The molecule has 0 aromatic heterocycles. The zero-order valence-corrected chi connectivity index (χ0v) is 14.7. The van der Waals surface area contributed by atoms with E-state index in [1.165, 1.54) is 6.42 Å². The van der Waals surface area contributed by atoms with Crippen molar-refractivity contribution in [2.45, 2.75) is 31.8 Å². The number of halogens is 1. The van der Waals surface area contributed by atoms with Crippen molar-refractivity contribution in [1.29, 1.82) is 0 Å². The van der Waals surface area contributed by atoms with Crippen molar-refractivity contribution < 1.29 is 9.53 Å². The van der Waals surface area contributed by atoms with Gasteiger partial charge in [-0.2, -0.15) is 0 Å². The molecule has 2 fully saturated rings. The summed E-state index contributed by atoms with van der Waals surface area (Å²) in [5.74, 6) is 2.02. The predicted octanol–water partition coefficient (Wildman–Crippen LogP) is 2.79. The number of carbonyl (C=O) groups is 1. The molecule has 4 atom stereocenters. The second-order valence-electron chi connectivity index (χ2n) is 6.59. The molecule has 1 aromatic carbocycles. The Balaban J connectivity index is 1.73. The van der Waals surface area contributed by atoms with Crippen LogP contribution in [0.2, 0.25) is 0 Å². The van der Waals surface area contributed by atoms with Gasteiger partial charge < -0.3 is 15.4 Å². The molecule has 2 aliphatic carbocycles. The molecular weight excluding hydrogens is 344 g/mol. The molecule has 4 nitrogen and oxygen atoms in total. The van der Waals surface area contributed by atoms with E-state index in [0.29, 0.717) is 18.4 Å². The minimum Gasteiger partial charge on any atom is -0.496 e. The summed E-state index contributed by atoms with van der Waals surface area (Å²) in [6.45, 7) is 0.544. The van der Waals surface area contributed by atoms with Gasteiger partial charge in [0, 0.05) is 29.7 Å². The highest BCUT2D eigenvalue weighted by Crippen LogP contribution is 2.48. The number of hydrogen-bond donors (Lipinski definition) is 1. The summed E-state index contributed by atoms with van der Waals surface area (Å²) in [7, 11) is 3.52. The first-order valence-corrected chi connectivity index (χ1v) is 8.63. The molecule has 4 unspecified atom stereocenters. The van der Waals surface area contributed by atoms with E-state index in [-0.39, 0.29) is 17.9 Å². The average Bonchev–Trinajstić information content (AvgIpc) is 3.07. The van der Waals surface area contributed by atoms with Crippen LogP contribution in [0.25, 0.3) is 0 Å². The third-order valence-corrected chi connectivity index (χ3v) is 5.79. The molecule has 5 heteroatoms. The molecule has 2 saturated carbocycles. The molecule has 2 aliphatic rings. The Labute approximate surface area is 140 Å². The number of methoxy groups -OCH3 is 1. The minimum absolute atomic E-state index is 0.00176. The highest BCUT2D eigenvalue weighted by Gasteiger charge is 2.49. The first-order valence-electron chi connectivity index (χ1n) is 7.84. The summed E-state index contributed by atoms with van der Waals surface area (Å²) >= 11 is 3.48. The van der Waals surface area contributed by atoms with Gasteiger partial charge in [-0.3, -0.25) is 4.79 Å². The van der Waals surface area contributed by atoms with Crippen molar-refractivity contribution in [3.8, 4) is 5.75 Å². The van der Waals surface area contributed by atoms with Crippen molar-refractivity contribution in [3.05, 3.63) is 28.2 Å². The lowest BCUT2D eigenvalue weighted by Gasteiger charge is -2.31. The highest BCUT2D eigenvalue weighted by molar-refractivity contribution is 9.10. The van der Waals surface area contributed by atoms with Crippen LogP contribution in [0, 0.1) is 17.8 Å². The number of rotatable bonds is 4. The topological polar surface area (TPSA) is 55.6 Å². The number of nitrogens with zero attached hydrogens (tertiary/aromatic N) is 1. The number of carbonyl (C=O) groups excluding carboxylic acids is 1. The average molecular weight is 367 g/mol. The van der Waals surface area contributed by atoms with Gasteiger partial charge in [0.1, 0.15) is 5.75 Å². The number of benzene rings is 1. The van der Waals surface area contributed by atoms with E-state index in [9.17, 15) is 4.79 Å². The van der Waals surface area contributed by atoms with Crippen LogP contribution in [0.3, 0.4) is 0 Å². The zero-order valence-electron chi connectivity index (χ0n) is 13.1. The van der Waals surface area contributed by atoms with E-state index in [2.05, 4.69) is 15.9 Å². The molecule has 0 spiro atoms. The van der Waals surface area contributed by atoms with Gasteiger partial charge in [-0.1, -0.05) is 15.9 Å². The van der Waals surface area contributed by atoms with Crippen molar-refractivity contribution in [3.63, 3.8) is 0 Å². The zero-order chi connectivity index (χ0) is 15.9. The van der Waals surface area contributed by atoms with Crippen molar-refractivity contribution in [2.24, 2.45) is 23.5 Å². The molecule has 0 heterocycles. The maximum absolute atomic E-state index is 12.8. The Kier molecular flexibility index (Phi) is 4.46. The fraction of sp³-hybridized carbons (Fsp3) is 0.588. The first-order chi connectivity index (χ1) is 10.5. The van der Waals surface area contributed by atoms with Crippen LogP contribution >= 0.6 is 15.9 Å². The number of ether oxygens (including phenoxy) is 1. The molecule has 2 N–H and O–H groups in total. The maximum atomic E-state index is 12.8. The number of hydrogen-bond acceptors (Lipinski definition) is 3. The van der Waals surface area contributed by atoms with Gasteiger partial charge in [-0.05, 0) is 49.3 Å². The Morgan fingerprint density at radius 2 is 2.14 bits per heavy atom. The van der Waals surface area contributed by atoms with Gasteiger partial charge >= 0.3 is 0 Å². The molecule has 3 rings (SSSR count). The fourth-order valence-electron chi connectivity index (χ4n) is 4.16. The summed E-state index contributed by atoms with van der Waals surface area (Å²) in [4.78, 5) is 14.6. The van der Waals surface area contributed by atoms with Crippen LogP contribution in [0.15, 0.2) is 22.7 Å². The summed E-state index contributed by atoms with van der Waals surface area (Å²) in [5, 5.41) is 0. The fourth-order valence-corrected chi connectivity index (χ4v) is 4.57. The second-order valence-corrected chi connectivity index (χ2v) is 7.50. The van der Waals surface area contributed by atoms with Gasteiger partial charge in [-0.15, -0.1) is 0 Å².